The van der Waals surface area contributed by atoms with Gasteiger partial charge in [-0.3, -0.25) is 4.68 Å². The highest BCUT2D eigenvalue weighted by Crippen LogP contribution is 2.31. The first-order valence-electron chi connectivity index (χ1n) is 4.81. The highest BCUT2D eigenvalue weighted by Gasteiger charge is 2.23. The Bertz CT molecular complexity index is 476. The fourth-order valence-electron chi connectivity index (χ4n) is 1.52. The normalized spacial score (nSPS) is 13.0. The molecule has 0 saturated heterocycles. The van der Waals surface area contributed by atoms with Gasteiger partial charge < -0.3 is 5.11 Å². The Morgan fingerprint density at radius 2 is 2.38 bits per heavy atom. The van der Waals surface area contributed by atoms with Crippen LogP contribution in [0.1, 0.15) is 29.3 Å². The van der Waals surface area contributed by atoms with Crippen molar-refractivity contribution in [1.29, 1.82) is 0 Å². The average Bonchev–Trinajstić information content (AvgIpc) is 2.85. The number of aromatic nitrogens is 4. The van der Waals surface area contributed by atoms with Gasteiger partial charge in [-0.1, -0.05) is 11.4 Å². The maximum atomic E-state index is 10.3. The molecule has 0 aliphatic carbocycles. The Morgan fingerprint density at radius 3 is 2.94 bits per heavy atom. The molecule has 1 N–H and O–H groups in total. The molecule has 16 heavy (non-hydrogen) atoms. The molecule has 1 atom stereocenters. The number of aryl methyl sites for hydroxylation is 2. The van der Waals surface area contributed by atoms with Gasteiger partial charge in [-0.2, -0.15) is 5.10 Å². The predicted octanol–water partition coefficient (Wildman–Crippen LogP) is 1.68. The number of hydrogen-bond acceptors (Lipinski definition) is 5. The van der Waals surface area contributed by atoms with Crippen molar-refractivity contribution < 1.29 is 5.11 Å². The molecule has 0 bridgehead atoms. The summed E-state index contributed by atoms with van der Waals surface area (Å²) in [6.07, 6.45) is 1.70. The van der Waals surface area contributed by atoms with E-state index in [1.165, 1.54) is 11.5 Å². The van der Waals surface area contributed by atoms with Crippen LogP contribution in [0, 0.1) is 0 Å². The van der Waals surface area contributed by atoms with Crippen molar-refractivity contribution in [2.45, 2.75) is 19.4 Å². The molecule has 0 aliphatic heterocycles. The van der Waals surface area contributed by atoms with E-state index < -0.39 is 6.10 Å². The van der Waals surface area contributed by atoms with Crippen LogP contribution in [0.2, 0.25) is 0 Å². The Kier molecular flexibility index (Phi) is 3.36. The number of hydrogen-bond donors (Lipinski definition) is 1. The lowest BCUT2D eigenvalue weighted by Crippen LogP contribution is -2.07. The Morgan fingerprint density at radius 1 is 1.62 bits per heavy atom. The summed E-state index contributed by atoms with van der Waals surface area (Å²) in [6, 6.07) is 0. The molecule has 1 unspecified atom stereocenters. The number of aliphatic hydroxyl groups excluding tert-OH is 1. The van der Waals surface area contributed by atoms with Crippen LogP contribution < -0.4 is 0 Å². The molecule has 7 heteroatoms. The summed E-state index contributed by atoms with van der Waals surface area (Å²) in [7, 11) is 1.80. The number of rotatable bonds is 3. The van der Waals surface area contributed by atoms with E-state index in [-0.39, 0.29) is 0 Å². The fraction of sp³-hybridized carbons (Fsp3) is 0.444. The van der Waals surface area contributed by atoms with E-state index >= 15 is 0 Å². The summed E-state index contributed by atoms with van der Waals surface area (Å²) in [5.41, 5.74) is 1.56. The first-order chi connectivity index (χ1) is 7.65. The third-order valence-corrected chi connectivity index (χ3v) is 3.79. The third-order valence-electron chi connectivity index (χ3n) is 2.36. The lowest BCUT2D eigenvalue weighted by molar-refractivity contribution is 0.211. The van der Waals surface area contributed by atoms with Gasteiger partial charge in [0.1, 0.15) is 6.10 Å². The number of nitrogens with zero attached hydrogens (tertiary/aromatic N) is 4. The monoisotopic (exact) mass is 302 g/mol. The van der Waals surface area contributed by atoms with Gasteiger partial charge in [-0.05, 0) is 33.9 Å². The second-order valence-electron chi connectivity index (χ2n) is 3.34. The first kappa shape index (κ1) is 11.7. The highest BCUT2D eigenvalue weighted by atomic mass is 79.9. The Labute approximate surface area is 105 Å². The Hall–Kier alpha value is -0.790. The molecule has 0 aliphatic rings. The first-order valence-corrected chi connectivity index (χ1v) is 6.38. The molecular weight excluding hydrogens is 292 g/mol. The van der Waals surface area contributed by atoms with Crippen molar-refractivity contribution >= 4 is 27.5 Å². The van der Waals surface area contributed by atoms with Gasteiger partial charge in [0.25, 0.3) is 0 Å². The van der Waals surface area contributed by atoms with E-state index in [1.54, 1.807) is 17.9 Å². The molecule has 2 aromatic rings. The zero-order valence-electron chi connectivity index (χ0n) is 8.88. The Balaban J connectivity index is 2.43. The van der Waals surface area contributed by atoms with Gasteiger partial charge in [0, 0.05) is 7.05 Å². The highest BCUT2D eigenvalue weighted by molar-refractivity contribution is 9.10. The van der Waals surface area contributed by atoms with Crippen LogP contribution in [0.3, 0.4) is 0 Å². The van der Waals surface area contributed by atoms with Crippen LogP contribution in [0.4, 0.5) is 0 Å². The molecular formula is C9H11BrN4OS. The van der Waals surface area contributed by atoms with Crippen molar-refractivity contribution in [1.82, 2.24) is 19.4 Å². The quantitative estimate of drug-likeness (QED) is 0.937. The number of aliphatic hydroxyl groups is 1. The second-order valence-corrected chi connectivity index (χ2v) is 4.98. The van der Waals surface area contributed by atoms with Crippen molar-refractivity contribution in [2.75, 3.05) is 0 Å². The van der Waals surface area contributed by atoms with Gasteiger partial charge in [0.15, 0.2) is 0 Å². The lowest BCUT2D eigenvalue weighted by Gasteiger charge is -2.10. The van der Waals surface area contributed by atoms with Crippen molar-refractivity contribution in [2.24, 2.45) is 7.05 Å². The molecule has 2 heterocycles. The summed E-state index contributed by atoms with van der Waals surface area (Å²) in [5.74, 6) is 0. The van der Waals surface area contributed by atoms with E-state index in [1.807, 2.05) is 6.92 Å². The minimum atomic E-state index is -0.725. The van der Waals surface area contributed by atoms with Crippen molar-refractivity contribution in [3.8, 4) is 0 Å². The molecule has 0 saturated carbocycles. The second kappa shape index (κ2) is 4.60. The van der Waals surface area contributed by atoms with Crippen molar-refractivity contribution in [3.05, 3.63) is 26.9 Å². The molecule has 86 valence electrons. The SMILES string of the molecule is CCc1nnsc1C(O)c1c(Br)cnn1C. The molecule has 0 aromatic carbocycles. The standard InChI is InChI=1S/C9H11BrN4OS/c1-3-6-9(16-13-12-6)8(15)7-5(10)4-11-14(7)2/h4,8,15H,3H2,1-2H3. The van der Waals surface area contributed by atoms with Gasteiger partial charge in [-0.25, -0.2) is 0 Å². The molecule has 5 nitrogen and oxygen atoms in total. The predicted molar refractivity (Wildman–Crippen MR) is 64.3 cm³/mol. The minimum Gasteiger partial charge on any atom is -0.381 e. The zero-order valence-corrected chi connectivity index (χ0v) is 11.3. The number of halogens is 1. The van der Waals surface area contributed by atoms with Gasteiger partial charge in [0.05, 0.1) is 26.9 Å². The van der Waals surface area contributed by atoms with Crippen LogP contribution in [0.5, 0.6) is 0 Å². The van der Waals surface area contributed by atoms with Crippen LogP contribution in [-0.2, 0) is 13.5 Å². The molecule has 0 fully saturated rings. The average molecular weight is 303 g/mol. The maximum Gasteiger partial charge on any atom is 0.134 e. The van der Waals surface area contributed by atoms with E-state index in [9.17, 15) is 5.11 Å². The van der Waals surface area contributed by atoms with E-state index in [0.717, 1.165) is 27.2 Å². The molecule has 2 rings (SSSR count). The van der Waals surface area contributed by atoms with Crippen LogP contribution in [0.25, 0.3) is 0 Å². The van der Waals surface area contributed by atoms with Crippen molar-refractivity contribution in [3.63, 3.8) is 0 Å². The van der Waals surface area contributed by atoms with Crippen LogP contribution in [0.15, 0.2) is 10.7 Å². The van der Waals surface area contributed by atoms with E-state index in [4.69, 9.17) is 0 Å². The summed E-state index contributed by atoms with van der Waals surface area (Å²) in [4.78, 5) is 0.784. The zero-order chi connectivity index (χ0) is 11.7. The lowest BCUT2D eigenvalue weighted by atomic mass is 10.1. The largest absolute Gasteiger partial charge is 0.381 e. The summed E-state index contributed by atoms with van der Waals surface area (Å²) in [6.45, 7) is 1.99. The topological polar surface area (TPSA) is 63.8 Å². The molecule has 0 radical (unpaired) electrons. The van der Waals surface area contributed by atoms with Crippen LogP contribution in [-0.4, -0.2) is 24.5 Å². The van der Waals surface area contributed by atoms with E-state index in [2.05, 4.69) is 30.6 Å². The third kappa shape index (κ3) is 1.90. The molecule has 0 amide bonds. The maximum absolute atomic E-state index is 10.3. The smallest absolute Gasteiger partial charge is 0.134 e. The summed E-state index contributed by atoms with van der Waals surface area (Å²) in [5, 5.41) is 18.3. The van der Waals surface area contributed by atoms with Gasteiger partial charge in [-0.15, -0.1) is 5.10 Å². The minimum absolute atomic E-state index is 0.723. The fourth-order valence-corrected chi connectivity index (χ4v) is 2.81. The van der Waals surface area contributed by atoms with E-state index in [0.29, 0.717) is 0 Å². The van der Waals surface area contributed by atoms with Crippen LogP contribution >= 0.6 is 27.5 Å². The molecule has 2 aromatic heterocycles. The molecule has 0 spiro atoms. The summed E-state index contributed by atoms with van der Waals surface area (Å²) < 4.78 is 6.31. The van der Waals surface area contributed by atoms with Gasteiger partial charge >= 0.3 is 0 Å². The summed E-state index contributed by atoms with van der Waals surface area (Å²) >= 11 is 4.60. The van der Waals surface area contributed by atoms with Gasteiger partial charge in [0.2, 0.25) is 0 Å².